The second-order valence-electron chi connectivity index (χ2n) is 16.7. The molecule has 2 heterocycles. The van der Waals surface area contributed by atoms with Crippen LogP contribution in [0, 0.1) is 22.7 Å². The lowest BCUT2D eigenvalue weighted by atomic mass is 9.53. The van der Waals surface area contributed by atoms with Gasteiger partial charge in [0.2, 0.25) is 0 Å². The van der Waals surface area contributed by atoms with Crippen LogP contribution in [0.25, 0.3) is 0 Å². The van der Waals surface area contributed by atoms with Crippen molar-refractivity contribution in [3.05, 3.63) is 0 Å². The predicted octanol–water partition coefficient (Wildman–Crippen LogP) is 6.45. The van der Waals surface area contributed by atoms with Crippen molar-refractivity contribution in [3.8, 4) is 0 Å². The predicted molar refractivity (Wildman–Crippen MR) is 169 cm³/mol. The number of esters is 3. The van der Waals surface area contributed by atoms with Crippen molar-refractivity contribution < 1.29 is 43.2 Å². The van der Waals surface area contributed by atoms with Crippen LogP contribution >= 0.6 is 0 Å². The molecule has 0 spiro atoms. The summed E-state index contributed by atoms with van der Waals surface area (Å²) in [4.78, 5) is 37.1. The van der Waals surface area contributed by atoms with Crippen molar-refractivity contribution in [1.29, 1.82) is 0 Å². The van der Waals surface area contributed by atoms with Gasteiger partial charge in [-0.3, -0.25) is 14.4 Å². The van der Waals surface area contributed by atoms with E-state index in [1.807, 2.05) is 27.7 Å². The second kappa shape index (κ2) is 12.4. The van der Waals surface area contributed by atoms with Crippen LogP contribution < -0.4 is 0 Å². The minimum atomic E-state index is -0.725. The number of ether oxygens (including phenoxy) is 5. The highest BCUT2D eigenvalue weighted by molar-refractivity contribution is 5.67. The van der Waals surface area contributed by atoms with E-state index in [9.17, 15) is 19.5 Å². The van der Waals surface area contributed by atoms with Crippen molar-refractivity contribution in [3.63, 3.8) is 0 Å². The number of rotatable bonds is 6. The number of aliphatic hydroxyl groups excluding tert-OH is 1. The Morgan fingerprint density at radius 2 is 1.04 bits per heavy atom. The maximum absolute atomic E-state index is 12.6. The third-order valence-electron chi connectivity index (χ3n) is 12.5. The van der Waals surface area contributed by atoms with E-state index in [1.54, 1.807) is 0 Å². The first-order valence-corrected chi connectivity index (χ1v) is 17.2. The first kappa shape index (κ1) is 36.1. The maximum Gasteiger partial charge on any atom is 0.303 e. The molecule has 0 aromatic heterocycles. The molecule has 0 bridgehead atoms. The van der Waals surface area contributed by atoms with Gasteiger partial charge < -0.3 is 28.8 Å². The van der Waals surface area contributed by atoms with Crippen molar-refractivity contribution in [2.24, 2.45) is 22.7 Å². The molecule has 0 unspecified atom stereocenters. The van der Waals surface area contributed by atoms with Crippen molar-refractivity contribution in [2.45, 2.75) is 187 Å². The van der Waals surface area contributed by atoms with Crippen LogP contribution in [-0.4, -0.2) is 69.8 Å². The van der Waals surface area contributed by atoms with Gasteiger partial charge in [0.1, 0.15) is 17.3 Å². The summed E-state index contributed by atoms with van der Waals surface area (Å²) in [6, 6.07) is 0. The zero-order chi connectivity index (χ0) is 33.8. The van der Waals surface area contributed by atoms with Gasteiger partial charge in [-0.15, -0.1) is 0 Å². The number of fused-ring (bicyclic) bond motifs is 2. The summed E-state index contributed by atoms with van der Waals surface area (Å²) in [6.07, 6.45) is 5.75. The minimum Gasteiger partial charge on any atom is -0.460 e. The molecular weight excluding hydrogens is 576 g/mol. The Labute approximate surface area is 270 Å². The van der Waals surface area contributed by atoms with Crippen LogP contribution in [-0.2, 0) is 38.1 Å². The summed E-state index contributed by atoms with van der Waals surface area (Å²) in [5.74, 6) is -1.06. The Kier molecular flexibility index (Phi) is 9.95. The fraction of sp³-hybridized carbons (Fsp3) is 0.917. The topological polar surface area (TPSA) is 118 Å². The summed E-state index contributed by atoms with van der Waals surface area (Å²) < 4.78 is 31.8. The van der Waals surface area contributed by atoms with Crippen LogP contribution in [0.5, 0.6) is 0 Å². The summed E-state index contributed by atoms with van der Waals surface area (Å²) in [6.45, 7) is 20.9. The van der Waals surface area contributed by atoms with Crippen LogP contribution in [0.1, 0.15) is 140 Å². The Bertz CT molecular complexity index is 1130. The van der Waals surface area contributed by atoms with Gasteiger partial charge in [0.05, 0.1) is 29.5 Å². The van der Waals surface area contributed by atoms with Gasteiger partial charge in [0.15, 0.2) is 0 Å². The standard InChI is InChI=1S/C36H60O9/c1-22(37)41-28-15-19-34(9)26(36(11,43-24(3)39)21-17-30(34)45-32(28,6)7)13-12-25-33(8)18-14-27(40)31(4,5)44-29(33)16-20-35(25,10)42-23(2)38/h25-30,40H,12-21H2,1-11H3/t25-,26-,27-,28-,29-,30-,33-,34-,35+,36-/m0/s1. The lowest BCUT2D eigenvalue weighted by Gasteiger charge is -2.58. The molecular formula is C36H60O9. The van der Waals surface area contributed by atoms with Crippen molar-refractivity contribution in [2.75, 3.05) is 0 Å². The molecule has 0 aromatic carbocycles. The lowest BCUT2D eigenvalue weighted by Crippen LogP contribution is -2.60. The third-order valence-corrected chi connectivity index (χ3v) is 12.5. The fourth-order valence-corrected chi connectivity index (χ4v) is 10.1. The fourth-order valence-electron chi connectivity index (χ4n) is 10.1. The van der Waals surface area contributed by atoms with E-state index in [4.69, 9.17) is 23.7 Å². The highest BCUT2D eigenvalue weighted by atomic mass is 16.6. The average molecular weight is 637 g/mol. The molecule has 10 atom stereocenters. The molecule has 0 aromatic rings. The Hall–Kier alpha value is -1.71. The van der Waals surface area contributed by atoms with Gasteiger partial charge in [-0.1, -0.05) is 13.8 Å². The van der Waals surface area contributed by atoms with Crippen LogP contribution in [0.4, 0.5) is 0 Å². The largest absolute Gasteiger partial charge is 0.460 e. The number of carbonyl (C=O) groups excluding carboxylic acids is 3. The summed E-state index contributed by atoms with van der Waals surface area (Å²) in [7, 11) is 0. The van der Waals surface area contributed by atoms with E-state index in [0.29, 0.717) is 32.1 Å². The molecule has 258 valence electrons. The first-order chi connectivity index (χ1) is 20.6. The molecule has 0 radical (unpaired) electrons. The summed E-state index contributed by atoms with van der Waals surface area (Å²) in [5, 5.41) is 11.0. The van der Waals surface area contributed by atoms with Gasteiger partial charge in [0.25, 0.3) is 0 Å². The zero-order valence-electron chi connectivity index (χ0n) is 29.7. The van der Waals surface area contributed by atoms with E-state index >= 15 is 0 Å². The first-order valence-electron chi connectivity index (χ1n) is 17.2. The second-order valence-corrected chi connectivity index (χ2v) is 16.7. The molecule has 2 saturated heterocycles. The Balaban J connectivity index is 1.74. The molecule has 2 aliphatic heterocycles. The smallest absolute Gasteiger partial charge is 0.303 e. The molecule has 4 rings (SSSR count). The normalized spacial score (nSPS) is 44.3. The van der Waals surface area contributed by atoms with Gasteiger partial charge in [0, 0.05) is 43.4 Å². The van der Waals surface area contributed by atoms with E-state index in [1.165, 1.54) is 20.8 Å². The quantitative estimate of drug-likeness (QED) is 0.259. The number of carbonyl (C=O) groups is 3. The van der Waals surface area contributed by atoms with Gasteiger partial charge in [-0.25, -0.2) is 0 Å². The minimum absolute atomic E-state index is 0.0590. The SMILES string of the molecule is CC(=O)O[C@H]1CC[C@]2(C)[C@H](CC[C@](C)(OC(C)=O)[C@H]2CC[C@H]2[C@]3(C)CC[C@H](O)C(C)(C)O[C@H]3CC[C@@]2(C)OC(C)=O)OC1(C)C. The van der Waals surface area contributed by atoms with Gasteiger partial charge in [-0.05, 0) is 106 Å². The Morgan fingerprint density at radius 1 is 0.622 bits per heavy atom. The molecule has 2 saturated carbocycles. The van der Waals surface area contributed by atoms with Gasteiger partial charge in [-0.2, -0.15) is 0 Å². The van der Waals surface area contributed by atoms with E-state index in [-0.39, 0.29) is 58.9 Å². The molecule has 4 fully saturated rings. The lowest BCUT2D eigenvalue weighted by molar-refractivity contribution is -0.230. The van der Waals surface area contributed by atoms with Crippen LogP contribution in [0.3, 0.4) is 0 Å². The molecule has 45 heavy (non-hydrogen) atoms. The van der Waals surface area contributed by atoms with E-state index < -0.39 is 28.5 Å². The van der Waals surface area contributed by atoms with Crippen LogP contribution in [0.15, 0.2) is 0 Å². The third kappa shape index (κ3) is 6.96. The van der Waals surface area contributed by atoms with Crippen molar-refractivity contribution in [1.82, 2.24) is 0 Å². The molecule has 9 heteroatoms. The number of hydrogen-bond donors (Lipinski definition) is 1. The summed E-state index contributed by atoms with van der Waals surface area (Å²) >= 11 is 0. The number of hydrogen-bond acceptors (Lipinski definition) is 9. The summed E-state index contributed by atoms with van der Waals surface area (Å²) in [5.41, 5.74) is -3.52. The Morgan fingerprint density at radius 3 is 1.47 bits per heavy atom. The average Bonchev–Trinajstić information content (AvgIpc) is 3.04. The highest BCUT2D eigenvalue weighted by Gasteiger charge is 2.62. The molecule has 2 aliphatic carbocycles. The molecule has 9 nitrogen and oxygen atoms in total. The van der Waals surface area contributed by atoms with Gasteiger partial charge >= 0.3 is 17.9 Å². The number of aliphatic hydroxyl groups is 1. The molecule has 1 N–H and O–H groups in total. The van der Waals surface area contributed by atoms with E-state index in [0.717, 1.165) is 32.1 Å². The zero-order valence-corrected chi connectivity index (χ0v) is 29.7. The van der Waals surface area contributed by atoms with E-state index in [2.05, 4.69) is 27.7 Å². The van der Waals surface area contributed by atoms with Crippen LogP contribution in [0.2, 0.25) is 0 Å². The highest BCUT2D eigenvalue weighted by Crippen LogP contribution is 2.60. The molecule has 4 aliphatic rings. The molecule has 0 amide bonds. The monoisotopic (exact) mass is 636 g/mol. The maximum atomic E-state index is 12.6. The van der Waals surface area contributed by atoms with Crippen molar-refractivity contribution >= 4 is 17.9 Å².